The summed E-state index contributed by atoms with van der Waals surface area (Å²) in [6.07, 6.45) is 5.89. The van der Waals surface area contributed by atoms with Crippen molar-refractivity contribution in [3.8, 4) is 0 Å². The minimum atomic E-state index is -0.458. The first-order chi connectivity index (χ1) is 9.69. The number of benzene rings is 1. The Labute approximate surface area is 118 Å². The van der Waals surface area contributed by atoms with Gasteiger partial charge in [-0.25, -0.2) is 10.8 Å². The van der Waals surface area contributed by atoms with Crippen molar-refractivity contribution in [2.75, 3.05) is 5.32 Å². The SMILES string of the molecule is NNC(=NC1CCCCC1)Nc1cccc(C(N)=O)c1. The Bertz CT molecular complexity index is 494. The number of nitrogens with one attached hydrogen (secondary N) is 2. The lowest BCUT2D eigenvalue weighted by Gasteiger charge is -2.19. The molecule has 0 spiro atoms. The number of nitrogens with zero attached hydrogens (tertiary/aromatic N) is 1. The fraction of sp³-hybridized carbons (Fsp3) is 0.429. The third kappa shape index (κ3) is 3.96. The van der Waals surface area contributed by atoms with Crippen LogP contribution < -0.4 is 22.3 Å². The summed E-state index contributed by atoms with van der Waals surface area (Å²) in [5, 5.41) is 3.08. The largest absolute Gasteiger partial charge is 0.366 e. The van der Waals surface area contributed by atoms with Gasteiger partial charge in [-0.15, -0.1) is 0 Å². The summed E-state index contributed by atoms with van der Waals surface area (Å²) in [7, 11) is 0. The number of nitrogens with two attached hydrogens (primary N) is 2. The standard InChI is InChI=1S/C14H21N5O/c15-13(20)10-5-4-8-12(9-10)18-14(19-16)17-11-6-2-1-3-7-11/h4-5,8-9,11H,1-3,6-7,16H2,(H2,15,20)(H2,17,18,19). The summed E-state index contributed by atoms with van der Waals surface area (Å²) >= 11 is 0. The third-order valence-corrected chi connectivity index (χ3v) is 3.43. The van der Waals surface area contributed by atoms with E-state index in [4.69, 9.17) is 11.6 Å². The molecule has 1 amide bonds. The topological polar surface area (TPSA) is 106 Å². The van der Waals surface area contributed by atoms with Crippen molar-refractivity contribution in [1.82, 2.24) is 5.43 Å². The van der Waals surface area contributed by atoms with E-state index in [9.17, 15) is 4.79 Å². The molecule has 1 saturated carbocycles. The fourth-order valence-electron chi connectivity index (χ4n) is 2.39. The van der Waals surface area contributed by atoms with Crippen LogP contribution in [0.3, 0.4) is 0 Å². The van der Waals surface area contributed by atoms with E-state index in [1.54, 1.807) is 18.2 Å². The third-order valence-electron chi connectivity index (χ3n) is 3.43. The van der Waals surface area contributed by atoms with Crippen molar-refractivity contribution in [2.45, 2.75) is 38.1 Å². The molecule has 1 fully saturated rings. The molecule has 0 unspecified atom stereocenters. The second-order valence-corrected chi connectivity index (χ2v) is 4.98. The summed E-state index contributed by atoms with van der Waals surface area (Å²) in [4.78, 5) is 15.7. The van der Waals surface area contributed by atoms with Crippen LogP contribution in [0.2, 0.25) is 0 Å². The molecule has 2 rings (SSSR count). The van der Waals surface area contributed by atoms with Gasteiger partial charge in [0, 0.05) is 11.3 Å². The highest BCUT2D eigenvalue weighted by molar-refractivity contribution is 5.97. The van der Waals surface area contributed by atoms with Gasteiger partial charge in [-0.1, -0.05) is 25.3 Å². The predicted octanol–water partition coefficient (Wildman–Crippen LogP) is 1.35. The van der Waals surface area contributed by atoms with Crippen LogP contribution in [0.4, 0.5) is 5.69 Å². The summed E-state index contributed by atoms with van der Waals surface area (Å²) in [5.41, 5.74) is 9.01. The maximum Gasteiger partial charge on any atom is 0.248 e. The first kappa shape index (κ1) is 14.3. The number of anilines is 1. The second-order valence-electron chi connectivity index (χ2n) is 4.98. The number of carbonyl (C=O) groups is 1. The van der Waals surface area contributed by atoms with E-state index in [0.29, 0.717) is 17.6 Å². The van der Waals surface area contributed by atoms with Crippen molar-refractivity contribution in [3.05, 3.63) is 29.8 Å². The number of hydrazine groups is 1. The first-order valence-electron chi connectivity index (χ1n) is 6.90. The van der Waals surface area contributed by atoms with Gasteiger partial charge in [-0.2, -0.15) is 0 Å². The molecule has 0 bridgehead atoms. The van der Waals surface area contributed by atoms with E-state index in [2.05, 4.69) is 15.7 Å². The molecule has 1 aromatic rings. The molecule has 1 aliphatic rings. The van der Waals surface area contributed by atoms with E-state index in [-0.39, 0.29) is 0 Å². The lowest BCUT2D eigenvalue weighted by Crippen LogP contribution is -2.37. The van der Waals surface area contributed by atoms with Crippen molar-refractivity contribution in [2.24, 2.45) is 16.6 Å². The molecular formula is C14H21N5O. The zero-order chi connectivity index (χ0) is 14.4. The first-order valence-corrected chi connectivity index (χ1v) is 6.90. The molecule has 0 aromatic heterocycles. The smallest absolute Gasteiger partial charge is 0.248 e. The number of guanidine groups is 1. The molecule has 108 valence electrons. The monoisotopic (exact) mass is 275 g/mol. The molecule has 0 heterocycles. The molecule has 6 N–H and O–H groups in total. The van der Waals surface area contributed by atoms with Crippen molar-refractivity contribution in [3.63, 3.8) is 0 Å². The van der Waals surface area contributed by atoms with Crippen LogP contribution in [-0.2, 0) is 0 Å². The number of rotatable bonds is 3. The second kappa shape index (κ2) is 6.91. The lowest BCUT2D eigenvalue weighted by molar-refractivity contribution is 0.100. The number of carbonyl (C=O) groups excluding carboxylic acids is 1. The van der Waals surface area contributed by atoms with Gasteiger partial charge in [-0.3, -0.25) is 10.2 Å². The van der Waals surface area contributed by atoms with Crippen LogP contribution in [0.15, 0.2) is 29.3 Å². The maximum absolute atomic E-state index is 11.1. The van der Waals surface area contributed by atoms with Crippen LogP contribution in [0.25, 0.3) is 0 Å². The summed E-state index contributed by atoms with van der Waals surface area (Å²) in [5.74, 6) is 5.56. The molecule has 1 aromatic carbocycles. The van der Waals surface area contributed by atoms with Crippen LogP contribution in [-0.4, -0.2) is 17.9 Å². The summed E-state index contributed by atoms with van der Waals surface area (Å²) in [6, 6.07) is 7.25. The molecule has 6 nitrogen and oxygen atoms in total. The molecule has 20 heavy (non-hydrogen) atoms. The van der Waals surface area contributed by atoms with Crippen LogP contribution in [0, 0.1) is 0 Å². The number of amides is 1. The maximum atomic E-state index is 11.1. The number of hydrogen-bond donors (Lipinski definition) is 4. The Morgan fingerprint density at radius 1 is 1.25 bits per heavy atom. The van der Waals surface area contributed by atoms with Gasteiger partial charge in [0.05, 0.1) is 6.04 Å². The molecule has 0 saturated heterocycles. The Kier molecular flexibility index (Phi) is 4.95. The summed E-state index contributed by atoms with van der Waals surface area (Å²) in [6.45, 7) is 0. The quantitative estimate of drug-likeness (QED) is 0.289. The van der Waals surface area contributed by atoms with Crippen molar-refractivity contribution >= 4 is 17.6 Å². The van der Waals surface area contributed by atoms with E-state index in [0.717, 1.165) is 18.5 Å². The lowest BCUT2D eigenvalue weighted by atomic mass is 9.96. The molecule has 0 atom stereocenters. The van der Waals surface area contributed by atoms with Gasteiger partial charge in [0.25, 0.3) is 0 Å². The highest BCUT2D eigenvalue weighted by Gasteiger charge is 2.13. The van der Waals surface area contributed by atoms with Crippen LogP contribution >= 0.6 is 0 Å². The Balaban J connectivity index is 2.07. The number of hydrogen-bond acceptors (Lipinski definition) is 3. The Morgan fingerprint density at radius 3 is 2.65 bits per heavy atom. The fourth-order valence-corrected chi connectivity index (χ4v) is 2.39. The van der Waals surface area contributed by atoms with Gasteiger partial charge >= 0.3 is 0 Å². The minimum Gasteiger partial charge on any atom is -0.366 e. The highest BCUT2D eigenvalue weighted by Crippen LogP contribution is 2.20. The predicted molar refractivity (Wildman–Crippen MR) is 80.2 cm³/mol. The average Bonchev–Trinajstić information content (AvgIpc) is 2.48. The molecule has 6 heteroatoms. The van der Waals surface area contributed by atoms with Crippen molar-refractivity contribution in [1.29, 1.82) is 0 Å². The van der Waals surface area contributed by atoms with E-state index in [1.807, 2.05) is 6.07 Å². The number of primary amides is 1. The van der Waals surface area contributed by atoms with Crippen LogP contribution in [0.5, 0.6) is 0 Å². The van der Waals surface area contributed by atoms with Crippen molar-refractivity contribution < 1.29 is 4.79 Å². The molecule has 1 aliphatic carbocycles. The van der Waals surface area contributed by atoms with Gasteiger partial charge in [0.1, 0.15) is 0 Å². The van der Waals surface area contributed by atoms with Gasteiger partial charge in [0.2, 0.25) is 11.9 Å². The molecule has 0 radical (unpaired) electrons. The van der Waals surface area contributed by atoms with Gasteiger partial charge in [-0.05, 0) is 31.0 Å². The zero-order valence-electron chi connectivity index (χ0n) is 11.4. The Hall–Kier alpha value is -2.08. The normalized spacial score (nSPS) is 16.8. The summed E-state index contributed by atoms with van der Waals surface area (Å²) < 4.78 is 0. The van der Waals surface area contributed by atoms with E-state index >= 15 is 0 Å². The minimum absolute atomic E-state index is 0.307. The highest BCUT2D eigenvalue weighted by atomic mass is 16.1. The van der Waals surface area contributed by atoms with E-state index < -0.39 is 5.91 Å². The van der Waals surface area contributed by atoms with Gasteiger partial charge in [0.15, 0.2) is 0 Å². The van der Waals surface area contributed by atoms with E-state index in [1.165, 1.54) is 19.3 Å². The molecule has 0 aliphatic heterocycles. The Morgan fingerprint density at radius 2 is 2.00 bits per heavy atom. The van der Waals surface area contributed by atoms with Gasteiger partial charge < -0.3 is 11.1 Å². The van der Waals surface area contributed by atoms with Crippen LogP contribution in [0.1, 0.15) is 42.5 Å². The molecular weight excluding hydrogens is 254 g/mol. The zero-order valence-corrected chi connectivity index (χ0v) is 11.4. The average molecular weight is 275 g/mol. The number of aliphatic imine (C=N–C) groups is 1.